The molecule has 0 aromatic heterocycles. The van der Waals surface area contributed by atoms with E-state index >= 15 is 0 Å². The highest BCUT2D eigenvalue weighted by atomic mass is 32.2. The summed E-state index contributed by atoms with van der Waals surface area (Å²) in [6, 6.07) is 5.44. The molecule has 1 aliphatic rings. The van der Waals surface area contributed by atoms with Crippen molar-refractivity contribution < 1.29 is 9.00 Å². The summed E-state index contributed by atoms with van der Waals surface area (Å²) in [6.45, 7) is 5.23. The van der Waals surface area contributed by atoms with E-state index < -0.39 is 16.0 Å². The summed E-state index contributed by atoms with van der Waals surface area (Å²) < 4.78 is 12.5. The zero-order chi connectivity index (χ0) is 14.7. The molecule has 0 bridgehead atoms. The third-order valence-corrected chi connectivity index (χ3v) is 5.37. The lowest BCUT2D eigenvalue weighted by atomic mass is 10.1. The molecular formula is C15H22N2O2S. The first-order chi connectivity index (χ1) is 9.50. The van der Waals surface area contributed by atoms with Gasteiger partial charge < -0.3 is 10.6 Å². The van der Waals surface area contributed by atoms with Crippen LogP contribution in [0.1, 0.15) is 31.7 Å². The number of amides is 1. The number of carbonyl (C=O) groups is 1. The van der Waals surface area contributed by atoms with Crippen LogP contribution in [0, 0.1) is 6.92 Å². The van der Waals surface area contributed by atoms with E-state index in [9.17, 15) is 9.00 Å². The number of piperidine rings is 1. The second-order valence-corrected chi connectivity index (χ2v) is 7.11. The number of nitrogens with two attached hydrogens (primary N) is 1. The van der Waals surface area contributed by atoms with Crippen molar-refractivity contribution >= 4 is 22.4 Å². The van der Waals surface area contributed by atoms with Gasteiger partial charge in [0.25, 0.3) is 0 Å². The van der Waals surface area contributed by atoms with Crippen LogP contribution in [0.2, 0.25) is 0 Å². The van der Waals surface area contributed by atoms with Gasteiger partial charge in [0.2, 0.25) is 5.91 Å². The average molecular weight is 294 g/mol. The summed E-state index contributed by atoms with van der Waals surface area (Å²) in [5.41, 5.74) is 7.45. The van der Waals surface area contributed by atoms with Crippen LogP contribution in [0.25, 0.3) is 0 Å². The maximum absolute atomic E-state index is 12.5. The number of aryl methyl sites for hydroxylation is 1. The zero-order valence-corrected chi connectivity index (χ0v) is 12.9. The fraction of sp³-hybridized carbons (Fsp3) is 0.533. The molecule has 1 saturated heterocycles. The molecule has 20 heavy (non-hydrogen) atoms. The van der Waals surface area contributed by atoms with Gasteiger partial charge in [0, 0.05) is 18.8 Å². The number of nitrogen functional groups attached to an aromatic ring is 1. The van der Waals surface area contributed by atoms with Gasteiger partial charge in [0.05, 0.1) is 15.7 Å². The number of anilines is 1. The minimum Gasteiger partial charge on any atom is -0.398 e. The van der Waals surface area contributed by atoms with Crippen molar-refractivity contribution in [3.8, 4) is 0 Å². The molecule has 0 spiro atoms. The van der Waals surface area contributed by atoms with E-state index in [2.05, 4.69) is 0 Å². The second-order valence-electron chi connectivity index (χ2n) is 5.37. The van der Waals surface area contributed by atoms with E-state index in [1.54, 1.807) is 19.1 Å². The number of likely N-dealkylation sites (tertiary alicyclic amines) is 1. The van der Waals surface area contributed by atoms with Crippen molar-refractivity contribution in [1.82, 2.24) is 4.90 Å². The number of rotatable bonds is 3. The first kappa shape index (κ1) is 15.0. The molecular weight excluding hydrogens is 272 g/mol. The highest BCUT2D eigenvalue weighted by Crippen LogP contribution is 2.22. The third-order valence-electron chi connectivity index (χ3n) is 3.72. The Morgan fingerprint density at radius 3 is 2.55 bits per heavy atom. The molecule has 2 rings (SSSR count). The van der Waals surface area contributed by atoms with Gasteiger partial charge in [-0.05, 0) is 50.8 Å². The summed E-state index contributed by atoms with van der Waals surface area (Å²) in [7, 11) is -1.40. The van der Waals surface area contributed by atoms with E-state index in [1.165, 1.54) is 6.42 Å². The van der Waals surface area contributed by atoms with E-state index in [-0.39, 0.29) is 5.91 Å². The molecule has 1 fully saturated rings. The molecule has 2 unspecified atom stereocenters. The number of nitrogens with zero attached hydrogens (tertiary/aromatic N) is 1. The molecule has 110 valence electrons. The fourth-order valence-electron chi connectivity index (χ4n) is 2.50. The van der Waals surface area contributed by atoms with E-state index in [0.29, 0.717) is 10.6 Å². The predicted octanol–water partition coefficient (Wildman–Crippen LogP) is 2.09. The van der Waals surface area contributed by atoms with Gasteiger partial charge in [-0.3, -0.25) is 9.00 Å². The van der Waals surface area contributed by atoms with Gasteiger partial charge in [0.15, 0.2) is 0 Å². The summed E-state index contributed by atoms with van der Waals surface area (Å²) >= 11 is 0. The Kier molecular flexibility index (Phi) is 4.81. The third kappa shape index (κ3) is 3.20. The Morgan fingerprint density at radius 2 is 1.95 bits per heavy atom. The summed E-state index contributed by atoms with van der Waals surface area (Å²) in [6.07, 6.45) is 3.25. The molecule has 5 heteroatoms. The van der Waals surface area contributed by atoms with Gasteiger partial charge in [0.1, 0.15) is 5.25 Å². The Labute approximate surface area is 122 Å². The highest BCUT2D eigenvalue weighted by molar-refractivity contribution is 7.86. The smallest absolute Gasteiger partial charge is 0.238 e. The summed E-state index contributed by atoms with van der Waals surface area (Å²) in [4.78, 5) is 14.8. The normalized spacial score (nSPS) is 18.6. The van der Waals surface area contributed by atoms with Gasteiger partial charge in [-0.25, -0.2) is 0 Å². The minimum atomic E-state index is -1.40. The van der Waals surface area contributed by atoms with Crippen LogP contribution in [-0.4, -0.2) is 33.4 Å². The molecule has 1 aliphatic heterocycles. The molecule has 0 aliphatic carbocycles. The number of benzene rings is 1. The quantitative estimate of drug-likeness (QED) is 0.868. The molecule has 2 N–H and O–H groups in total. The molecule has 1 aromatic rings. The van der Waals surface area contributed by atoms with Gasteiger partial charge in [-0.15, -0.1) is 0 Å². The van der Waals surface area contributed by atoms with Crippen LogP contribution in [0.5, 0.6) is 0 Å². The zero-order valence-electron chi connectivity index (χ0n) is 12.1. The van der Waals surface area contributed by atoms with Gasteiger partial charge >= 0.3 is 0 Å². The van der Waals surface area contributed by atoms with Crippen LogP contribution < -0.4 is 5.73 Å². The van der Waals surface area contributed by atoms with Crippen LogP contribution in [0.3, 0.4) is 0 Å². The number of hydrogen-bond acceptors (Lipinski definition) is 3. The second kappa shape index (κ2) is 6.39. The van der Waals surface area contributed by atoms with Crippen LogP contribution in [0.15, 0.2) is 23.1 Å². The Hall–Kier alpha value is -1.36. The van der Waals surface area contributed by atoms with Crippen molar-refractivity contribution in [2.75, 3.05) is 18.8 Å². The fourth-order valence-corrected chi connectivity index (χ4v) is 3.71. The lowest BCUT2D eigenvalue weighted by Gasteiger charge is -2.29. The molecule has 0 radical (unpaired) electrons. The SMILES string of the molecule is Cc1ccc(S(=O)C(C)C(=O)N2CCCCC2)c(N)c1. The first-order valence-electron chi connectivity index (χ1n) is 7.06. The van der Waals surface area contributed by atoms with Crippen molar-refractivity contribution in [3.63, 3.8) is 0 Å². The van der Waals surface area contributed by atoms with Crippen LogP contribution in [-0.2, 0) is 15.6 Å². The lowest BCUT2D eigenvalue weighted by molar-refractivity contribution is -0.131. The Bertz CT molecular complexity index is 525. The largest absolute Gasteiger partial charge is 0.398 e. The van der Waals surface area contributed by atoms with Crippen molar-refractivity contribution in [2.45, 2.75) is 43.3 Å². The van der Waals surface area contributed by atoms with Crippen molar-refractivity contribution in [1.29, 1.82) is 0 Å². The maximum Gasteiger partial charge on any atom is 0.238 e. The molecule has 1 heterocycles. The predicted molar refractivity (Wildman–Crippen MR) is 81.9 cm³/mol. The maximum atomic E-state index is 12.5. The van der Waals surface area contributed by atoms with Gasteiger partial charge in [-0.1, -0.05) is 6.07 Å². The van der Waals surface area contributed by atoms with Crippen molar-refractivity contribution in [2.24, 2.45) is 0 Å². The van der Waals surface area contributed by atoms with Gasteiger partial charge in [-0.2, -0.15) is 0 Å². The van der Waals surface area contributed by atoms with Crippen molar-refractivity contribution in [3.05, 3.63) is 23.8 Å². The Balaban J connectivity index is 2.13. The highest BCUT2D eigenvalue weighted by Gasteiger charge is 2.28. The lowest BCUT2D eigenvalue weighted by Crippen LogP contribution is -2.42. The molecule has 4 nitrogen and oxygen atoms in total. The molecule has 1 amide bonds. The summed E-state index contributed by atoms with van der Waals surface area (Å²) in [5, 5.41) is -0.543. The topological polar surface area (TPSA) is 63.4 Å². The first-order valence-corrected chi connectivity index (χ1v) is 8.27. The standard InChI is InChI=1S/C15H22N2O2S/c1-11-6-7-14(13(16)10-11)20(19)12(2)15(18)17-8-4-3-5-9-17/h6-7,10,12H,3-5,8-9,16H2,1-2H3. The molecule has 0 saturated carbocycles. The average Bonchev–Trinajstić information content (AvgIpc) is 2.46. The number of carbonyl (C=O) groups excluding carboxylic acids is 1. The Morgan fingerprint density at radius 1 is 1.30 bits per heavy atom. The van der Waals surface area contributed by atoms with Crippen LogP contribution in [0.4, 0.5) is 5.69 Å². The van der Waals surface area contributed by atoms with Crippen LogP contribution >= 0.6 is 0 Å². The monoisotopic (exact) mass is 294 g/mol. The van der Waals surface area contributed by atoms with E-state index in [0.717, 1.165) is 31.5 Å². The molecule has 1 aromatic carbocycles. The van der Waals surface area contributed by atoms with E-state index in [4.69, 9.17) is 5.73 Å². The summed E-state index contributed by atoms with van der Waals surface area (Å²) in [5.74, 6) is -0.0250. The minimum absolute atomic E-state index is 0.0250. The van der Waals surface area contributed by atoms with E-state index in [1.807, 2.05) is 17.9 Å². The number of hydrogen-bond donors (Lipinski definition) is 1. The molecule has 2 atom stereocenters.